The van der Waals surface area contributed by atoms with Crippen LogP contribution in [0.1, 0.15) is 24.1 Å². The second-order valence-corrected chi connectivity index (χ2v) is 7.96. The van der Waals surface area contributed by atoms with E-state index < -0.39 is 17.7 Å². The van der Waals surface area contributed by atoms with Gasteiger partial charge >= 0.3 is 5.91 Å². The number of anilines is 1. The van der Waals surface area contributed by atoms with Crippen LogP contribution in [0.3, 0.4) is 0 Å². The van der Waals surface area contributed by atoms with E-state index in [-0.39, 0.29) is 22.8 Å². The second kappa shape index (κ2) is 8.41. The number of aliphatic hydroxyl groups excluding tert-OH is 1. The highest BCUT2D eigenvalue weighted by atomic mass is 35.5. The molecule has 0 radical (unpaired) electrons. The molecule has 7 nitrogen and oxygen atoms in total. The molecule has 1 aliphatic heterocycles. The number of carbonyl (C=O) groups is 2. The summed E-state index contributed by atoms with van der Waals surface area (Å²) in [5.74, 6) is -1.84. The molecule has 1 aliphatic rings. The van der Waals surface area contributed by atoms with Crippen molar-refractivity contribution in [2.24, 2.45) is 0 Å². The van der Waals surface area contributed by atoms with Crippen LogP contribution in [0.2, 0.25) is 5.02 Å². The summed E-state index contributed by atoms with van der Waals surface area (Å²) in [4.78, 5) is 31.4. The van der Waals surface area contributed by atoms with Crippen molar-refractivity contribution in [1.82, 2.24) is 4.98 Å². The van der Waals surface area contributed by atoms with Crippen LogP contribution in [0.25, 0.3) is 5.76 Å². The van der Waals surface area contributed by atoms with Gasteiger partial charge in [0.2, 0.25) is 0 Å². The van der Waals surface area contributed by atoms with Gasteiger partial charge in [-0.3, -0.25) is 14.5 Å². The first-order valence-electron chi connectivity index (χ1n) is 9.34. The van der Waals surface area contributed by atoms with Crippen molar-refractivity contribution in [3.05, 3.63) is 75.8 Å². The van der Waals surface area contributed by atoms with E-state index in [1.807, 2.05) is 0 Å². The molecule has 2 N–H and O–H groups in total. The minimum absolute atomic E-state index is 0.0745. The Morgan fingerprint density at radius 3 is 2.61 bits per heavy atom. The lowest BCUT2D eigenvalue weighted by Gasteiger charge is -2.23. The highest BCUT2D eigenvalue weighted by Gasteiger charge is 2.48. The Bertz CT molecular complexity index is 1180. The predicted molar refractivity (Wildman–Crippen MR) is 118 cm³/mol. The molecule has 2 aromatic carbocycles. The molecule has 0 saturated carbocycles. The fourth-order valence-electron chi connectivity index (χ4n) is 3.42. The smallest absolute Gasteiger partial charge is 0.301 e. The van der Waals surface area contributed by atoms with Crippen molar-refractivity contribution in [2.75, 3.05) is 11.5 Å². The molecule has 1 atom stereocenters. The molecule has 0 unspecified atom stereocenters. The molecule has 1 aromatic heterocycles. The van der Waals surface area contributed by atoms with E-state index in [9.17, 15) is 19.8 Å². The van der Waals surface area contributed by atoms with Crippen molar-refractivity contribution in [2.45, 2.75) is 13.0 Å². The Morgan fingerprint density at radius 1 is 1.23 bits per heavy atom. The molecular weight excluding hydrogens is 440 g/mol. The third-order valence-corrected chi connectivity index (χ3v) is 5.81. The molecule has 1 saturated heterocycles. The number of benzene rings is 2. The Morgan fingerprint density at radius 2 is 1.97 bits per heavy atom. The number of ether oxygens (including phenoxy) is 1. The van der Waals surface area contributed by atoms with Gasteiger partial charge < -0.3 is 14.9 Å². The number of amides is 1. The molecule has 0 aliphatic carbocycles. The maximum absolute atomic E-state index is 13.0. The number of hydrogen-bond acceptors (Lipinski definition) is 7. The van der Waals surface area contributed by atoms with Gasteiger partial charge in [0.25, 0.3) is 5.78 Å². The van der Waals surface area contributed by atoms with Crippen LogP contribution < -0.4 is 9.64 Å². The molecule has 31 heavy (non-hydrogen) atoms. The fraction of sp³-hybridized carbons (Fsp3) is 0.136. The molecule has 158 valence electrons. The summed E-state index contributed by atoms with van der Waals surface area (Å²) < 4.78 is 5.47. The summed E-state index contributed by atoms with van der Waals surface area (Å²) in [6.45, 7) is 2.09. The Balaban J connectivity index is 1.94. The topological polar surface area (TPSA) is 100.0 Å². The van der Waals surface area contributed by atoms with E-state index in [0.717, 1.165) is 0 Å². The predicted octanol–water partition coefficient (Wildman–Crippen LogP) is 4.53. The largest absolute Gasteiger partial charge is 0.507 e. The maximum Gasteiger partial charge on any atom is 0.301 e. The summed E-state index contributed by atoms with van der Waals surface area (Å²) >= 11 is 7.13. The number of aromatic nitrogens is 1. The molecule has 0 spiro atoms. The average molecular weight is 457 g/mol. The number of aliphatic hydroxyl groups is 1. The zero-order valence-corrected chi connectivity index (χ0v) is 17.9. The van der Waals surface area contributed by atoms with Crippen LogP contribution in [-0.2, 0) is 9.59 Å². The summed E-state index contributed by atoms with van der Waals surface area (Å²) in [6, 6.07) is 9.87. The molecule has 2 heterocycles. The van der Waals surface area contributed by atoms with E-state index >= 15 is 0 Å². The lowest BCUT2D eigenvalue weighted by Crippen LogP contribution is -2.29. The first kappa shape index (κ1) is 20.9. The second-order valence-electron chi connectivity index (χ2n) is 6.65. The molecular formula is C22H17ClN2O5S. The standard InChI is InChI=1S/C22H17ClN2O5S/c1-2-30-16-11-13(5-8-15(16)26)18-17(19(27)12-3-6-14(23)7-4-12)20(28)21(29)25(18)22-24-9-10-31-22/h3-11,18,26-27H,2H2,1H3/t18-/m0/s1. The highest BCUT2D eigenvalue weighted by molar-refractivity contribution is 7.14. The summed E-state index contributed by atoms with van der Waals surface area (Å²) in [6.07, 6.45) is 1.53. The molecule has 4 rings (SSSR count). The van der Waals surface area contributed by atoms with Crippen molar-refractivity contribution < 1.29 is 24.5 Å². The molecule has 1 fully saturated rings. The third kappa shape index (κ3) is 3.75. The Labute approximate surface area is 186 Å². The molecule has 9 heteroatoms. The molecule has 0 bridgehead atoms. The van der Waals surface area contributed by atoms with Crippen LogP contribution in [0.15, 0.2) is 59.6 Å². The minimum Gasteiger partial charge on any atom is -0.507 e. The first-order chi connectivity index (χ1) is 14.9. The third-order valence-electron chi connectivity index (χ3n) is 4.79. The monoisotopic (exact) mass is 456 g/mol. The van der Waals surface area contributed by atoms with Crippen LogP contribution in [0, 0.1) is 0 Å². The van der Waals surface area contributed by atoms with Gasteiger partial charge in [0.1, 0.15) is 5.76 Å². The number of halogens is 1. The van der Waals surface area contributed by atoms with Gasteiger partial charge in [-0.2, -0.15) is 0 Å². The number of phenolic OH excluding ortho intramolecular Hbond substituents is 1. The van der Waals surface area contributed by atoms with Crippen molar-refractivity contribution in [1.29, 1.82) is 0 Å². The number of thiazole rings is 1. The van der Waals surface area contributed by atoms with Gasteiger partial charge in [-0.05, 0) is 48.9 Å². The Kier molecular flexibility index (Phi) is 5.67. The molecule has 3 aromatic rings. The van der Waals surface area contributed by atoms with Gasteiger partial charge in [0, 0.05) is 22.2 Å². The van der Waals surface area contributed by atoms with Crippen LogP contribution in [-0.4, -0.2) is 33.5 Å². The number of Topliss-reactive ketones (excluding diaryl/α,β-unsaturated/α-hetero) is 1. The minimum atomic E-state index is -0.957. The van der Waals surface area contributed by atoms with Gasteiger partial charge in [-0.15, -0.1) is 11.3 Å². The number of ketones is 1. The summed E-state index contributed by atoms with van der Waals surface area (Å²) in [5, 5.41) is 23.6. The van der Waals surface area contributed by atoms with Crippen molar-refractivity contribution in [3.63, 3.8) is 0 Å². The van der Waals surface area contributed by atoms with Crippen molar-refractivity contribution >= 4 is 45.5 Å². The van der Waals surface area contributed by atoms with Crippen LogP contribution >= 0.6 is 22.9 Å². The van der Waals surface area contributed by atoms with Gasteiger partial charge in [-0.25, -0.2) is 4.98 Å². The van der Waals surface area contributed by atoms with Crippen LogP contribution in [0.5, 0.6) is 11.5 Å². The number of nitrogens with zero attached hydrogens (tertiary/aromatic N) is 2. The SMILES string of the molecule is CCOc1cc([C@H]2C(=C(O)c3ccc(Cl)cc3)C(=O)C(=O)N2c2nccs2)ccc1O. The normalized spacial score (nSPS) is 17.9. The van der Waals surface area contributed by atoms with Gasteiger partial charge in [0.05, 0.1) is 18.2 Å². The van der Waals surface area contributed by atoms with E-state index in [1.54, 1.807) is 48.7 Å². The van der Waals surface area contributed by atoms with Crippen molar-refractivity contribution in [3.8, 4) is 11.5 Å². The van der Waals surface area contributed by atoms with E-state index in [1.165, 1.54) is 28.5 Å². The number of hydrogen-bond donors (Lipinski definition) is 2. The lowest BCUT2D eigenvalue weighted by molar-refractivity contribution is -0.132. The summed E-state index contributed by atoms with van der Waals surface area (Å²) in [5.41, 5.74) is 0.733. The van der Waals surface area contributed by atoms with Crippen LogP contribution in [0.4, 0.5) is 5.13 Å². The Hall–Kier alpha value is -3.36. The highest BCUT2D eigenvalue weighted by Crippen LogP contribution is 2.44. The quantitative estimate of drug-likeness (QED) is 0.332. The van der Waals surface area contributed by atoms with E-state index in [4.69, 9.17) is 16.3 Å². The van der Waals surface area contributed by atoms with Gasteiger partial charge in [-0.1, -0.05) is 17.7 Å². The zero-order chi connectivity index (χ0) is 22.1. The van der Waals surface area contributed by atoms with Gasteiger partial charge in [0.15, 0.2) is 16.6 Å². The zero-order valence-electron chi connectivity index (χ0n) is 16.3. The number of rotatable bonds is 5. The molecule has 1 amide bonds. The number of phenols is 1. The maximum atomic E-state index is 13.0. The number of carbonyl (C=O) groups excluding carboxylic acids is 2. The average Bonchev–Trinajstić information content (AvgIpc) is 3.37. The van der Waals surface area contributed by atoms with E-state index in [0.29, 0.717) is 27.9 Å². The lowest BCUT2D eigenvalue weighted by atomic mass is 9.95. The number of aromatic hydroxyl groups is 1. The fourth-order valence-corrected chi connectivity index (χ4v) is 4.21. The first-order valence-corrected chi connectivity index (χ1v) is 10.6. The summed E-state index contributed by atoms with van der Waals surface area (Å²) in [7, 11) is 0. The van der Waals surface area contributed by atoms with E-state index in [2.05, 4.69) is 4.98 Å².